The molecule has 1 aliphatic rings. The van der Waals surface area contributed by atoms with Gasteiger partial charge < -0.3 is 9.64 Å². The number of amides is 1. The Morgan fingerprint density at radius 1 is 1.22 bits per heavy atom. The molecule has 0 bridgehead atoms. The zero-order chi connectivity index (χ0) is 19.6. The molecule has 0 saturated carbocycles. The molecule has 0 aliphatic carbocycles. The van der Waals surface area contributed by atoms with Crippen molar-refractivity contribution in [1.82, 2.24) is 4.90 Å². The van der Waals surface area contributed by atoms with Crippen LogP contribution in [0, 0.1) is 10.1 Å². The first-order chi connectivity index (χ1) is 12.7. The molecule has 1 saturated heterocycles. The molecule has 0 radical (unpaired) electrons. The Bertz CT molecular complexity index is 858. The first-order valence-electron chi connectivity index (χ1n) is 7.77. The fraction of sp³-hybridized carbons (Fsp3) is 0.235. The largest absolute Gasteiger partial charge is 0.573 e. The average Bonchev–Trinajstić information content (AvgIpc) is 3.09. The monoisotopic (exact) mass is 398 g/mol. The Morgan fingerprint density at radius 3 is 2.56 bits per heavy atom. The molecular formula is C17H13F3N2O4S. The Kier molecular flexibility index (Phi) is 5.26. The zero-order valence-corrected chi connectivity index (χ0v) is 14.5. The van der Waals surface area contributed by atoms with E-state index in [1.807, 2.05) is 0 Å². The molecule has 1 heterocycles. The molecule has 10 heteroatoms. The topological polar surface area (TPSA) is 72.7 Å². The number of rotatable bonds is 4. The van der Waals surface area contributed by atoms with Crippen molar-refractivity contribution >= 4 is 23.4 Å². The van der Waals surface area contributed by atoms with Crippen LogP contribution in [0.1, 0.15) is 21.3 Å². The molecule has 142 valence electrons. The van der Waals surface area contributed by atoms with Crippen molar-refractivity contribution in [2.75, 3.05) is 12.3 Å². The number of ether oxygens (including phenoxy) is 1. The molecule has 6 nitrogen and oxygen atoms in total. The van der Waals surface area contributed by atoms with Gasteiger partial charge in [0.05, 0.1) is 4.92 Å². The smallest absolute Gasteiger partial charge is 0.406 e. The number of carbonyl (C=O) groups excluding carboxylic acids is 1. The maximum atomic E-state index is 12.8. The molecule has 1 fully saturated rings. The summed E-state index contributed by atoms with van der Waals surface area (Å²) >= 11 is 1.48. The van der Waals surface area contributed by atoms with Gasteiger partial charge in [-0.05, 0) is 35.9 Å². The number of hydrogen-bond donors (Lipinski definition) is 0. The second kappa shape index (κ2) is 7.47. The first-order valence-corrected chi connectivity index (χ1v) is 8.82. The summed E-state index contributed by atoms with van der Waals surface area (Å²) in [5.74, 6) is -0.255. The van der Waals surface area contributed by atoms with Gasteiger partial charge in [-0.3, -0.25) is 14.9 Å². The van der Waals surface area contributed by atoms with E-state index in [1.54, 1.807) is 12.1 Å². The van der Waals surface area contributed by atoms with Gasteiger partial charge in [0, 0.05) is 30.0 Å². The van der Waals surface area contributed by atoms with E-state index in [2.05, 4.69) is 4.74 Å². The molecule has 1 amide bonds. The van der Waals surface area contributed by atoms with Gasteiger partial charge in [-0.1, -0.05) is 6.07 Å². The lowest BCUT2D eigenvalue weighted by Gasteiger charge is -2.24. The predicted molar refractivity (Wildman–Crippen MR) is 92.5 cm³/mol. The van der Waals surface area contributed by atoms with E-state index < -0.39 is 22.9 Å². The number of nitro groups is 1. The van der Waals surface area contributed by atoms with Crippen LogP contribution in [0.3, 0.4) is 0 Å². The first kappa shape index (κ1) is 19.0. The molecular weight excluding hydrogens is 385 g/mol. The van der Waals surface area contributed by atoms with E-state index in [0.29, 0.717) is 17.9 Å². The Balaban J connectivity index is 1.81. The number of carbonyl (C=O) groups is 1. The van der Waals surface area contributed by atoms with E-state index in [-0.39, 0.29) is 16.6 Å². The number of alkyl halides is 3. The molecule has 0 N–H and O–H groups in total. The van der Waals surface area contributed by atoms with Crippen LogP contribution in [0.25, 0.3) is 0 Å². The lowest BCUT2D eigenvalue weighted by Crippen LogP contribution is -2.30. The van der Waals surface area contributed by atoms with Gasteiger partial charge in [-0.15, -0.1) is 24.9 Å². The fourth-order valence-corrected chi connectivity index (χ4v) is 3.96. The highest BCUT2D eigenvalue weighted by atomic mass is 32.2. The summed E-state index contributed by atoms with van der Waals surface area (Å²) in [6.45, 7) is 0.412. The van der Waals surface area contributed by atoms with Gasteiger partial charge in [-0.2, -0.15) is 0 Å². The van der Waals surface area contributed by atoms with E-state index in [0.717, 1.165) is 12.1 Å². The second-order valence-electron chi connectivity index (χ2n) is 5.65. The van der Waals surface area contributed by atoms with Crippen molar-refractivity contribution < 1.29 is 27.6 Å². The highest BCUT2D eigenvalue weighted by Crippen LogP contribution is 2.39. The molecule has 0 aromatic heterocycles. The standard InChI is InChI=1S/C17H13F3N2O4S/c18-17(19,20)26-14-3-1-2-12(10-14)15(23)21-8-9-27-16(21)11-4-6-13(7-5-11)22(24)25/h1-7,10,16H,8-9H2. The highest BCUT2D eigenvalue weighted by Gasteiger charge is 2.33. The number of non-ortho nitro benzene ring substituents is 1. The van der Waals surface area contributed by atoms with Gasteiger partial charge in [0.25, 0.3) is 11.6 Å². The van der Waals surface area contributed by atoms with Crippen LogP contribution in [0.2, 0.25) is 0 Å². The minimum absolute atomic E-state index is 0.0587. The van der Waals surface area contributed by atoms with Crippen molar-refractivity contribution in [3.63, 3.8) is 0 Å². The third kappa shape index (κ3) is 4.51. The minimum atomic E-state index is -4.84. The van der Waals surface area contributed by atoms with Gasteiger partial charge in [0.2, 0.25) is 0 Å². The van der Waals surface area contributed by atoms with Crippen molar-refractivity contribution in [2.24, 2.45) is 0 Å². The zero-order valence-electron chi connectivity index (χ0n) is 13.7. The summed E-state index contributed by atoms with van der Waals surface area (Å²) in [6.07, 6.45) is -4.84. The van der Waals surface area contributed by atoms with Crippen LogP contribution >= 0.6 is 11.8 Å². The summed E-state index contributed by atoms with van der Waals surface area (Å²) in [5, 5.41) is 10.4. The molecule has 0 spiro atoms. The maximum Gasteiger partial charge on any atom is 0.573 e. The molecule has 1 aliphatic heterocycles. The maximum absolute atomic E-state index is 12.8. The SMILES string of the molecule is O=C(c1cccc(OC(F)(F)F)c1)N1CCSC1c1ccc([N+](=O)[O-])cc1. The van der Waals surface area contributed by atoms with Gasteiger partial charge in [0.15, 0.2) is 0 Å². The second-order valence-corrected chi connectivity index (χ2v) is 6.83. The fourth-order valence-electron chi connectivity index (χ4n) is 2.71. The Morgan fingerprint density at radius 2 is 1.93 bits per heavy atom. The molecule has 27 heavy (non-hydrogen) atoms. The van der Waals surface area contributed by atoms with E-state index in [9.17, 15) is 28.1 Å². The van der Waals surface area contributed by atoms with Crippen LogP contribution in [0.15, 0.2) is 48.5 Å². The normalized spacial score (nSPS) is 17.0. The van der Waals surface area contributed by atoms with Crippen LogP contribution in [0.5, 0.6) is 5.75 Å². The molecule has 1 unspecified atom stereocenters. The van der Waals surface area contributed by atoms with Gasteiger partial charge in [-0.25, -0.2) is 0 Å². The number of halogens is 3. The molecule has 1 atom stereocenters. The quantitative estimate of drug-likeness (QED) is 0.565. The van der Waals surface area contributed by atoms with E-state index >= 15 is 0 Å². The van der Waals surface area contributed by atoms with Crippen LogP contribution in [-0.4, -0.2) is 34.4 Å². The lowest BCUT2D eigenvalue weighted by molar-refractivity contribution is -0.384. The van der Waals surface area contributed by atoms with E-state index in [4.69, 9.17) is 0 Å². The third-order valence-corrected chi connectivity index (χ3v) is 5.12. The molecule has 2 aromatic rings. The van der Waals surface area contributed by atoms with Crippen molar-refractivity contribution in [1.29, 1.82) is 0 Å². The summed E-state index contributed by atoms with van der Waals surface area (Å²) in [5.41, 5.74) is 0.724. The summed E-state index contributed by atoms with van der Waals surface area (Å²) in [7, 11) is 0. The van der Waals surface area contributed by atoms with Gasteiger partial charge >= 0.3 is 6.36 Å². The minimum Gasteiger partial charge on any atom is -0.406 e. The van der Waals surface area contributed by atoms with Crippen molar-refractivity contribution in [3.05, 3.63) is 69.8 Å². The number of benzene rings is 2. The number of thioether (sulfide) groups is 1. The molecule has 3 rings (SSSR count). The van der Waals surface area contributed by atoms with Gasteiger partial charge in [0.1, 0.15) is 11.1 Å². The van der Waals surface area contributed by atoms with E-state index in [1.165, 1.54) is 40.9 Å². The summed E-state index contributed by atoms with van der Waals surface area (Å²) in [4.78, 5) is 24.6. The molecule has 2 aromatic carbocycles. The average molecular weight is 398 g/mol. The number of nitro benzene ring substituents is 1. The highest BCUT2D eigenvalue weighted by molar-refractivity contribution is 7.99. The van der Waals surface area contributed by atoms with Crippen LogP contribution in [-0.2, 0) is 0 Å². The summed E-state index contributed by atoms with van der Waals surface area (Å²) in [6, 6.07) is 10.8. The third-order valence-electron chi connectivity index (χ3n) is 3.86. The Labute approximate surface area is 156 Å². The lowest BCUT2D eigenvalue weighted by atomic mass is 10.1. The summed E-state index contributed by atoms with van der Waals surface area (Å²) < 4.78 is 41.0. The van der Waals surface area contributed by atoms with Crippen LogP contribution < -0.4 is 4.74 Å². The number of nitrogens with zero attached hydrogens (tertiary/aromatic N) is 2. The number of hydrogen-bond acceptors (Lipinski definition) is 5. The van der Waals surface area contributed by atoms with Crippen LogP contribution in [0.4, 0.5) is 18.9 Å². The van der Waals surface area contributed by atoms with Crippen molar-refractivity contribution in [3.8, 4) is 5.75 Å². The van der Waals surface area contributed by atoms with Crippen molar-refractivity contribution in [2.45, 2.75) is 11.7 Å². The Hall–Kier alpha value is -2.75. The predicted octanol–water partition coefficient (Wildman–Crippen LogP) is 4.38.